The van der Waals surface area contributed by atoms with Crippen molar-refractivity contribution in [3.05, 3.63) is 69.8 Å². The molecule has 4 aliphatic heterocycles. The average molecular weight is 1010 g/mol. The quantitative estimate of drug-likeness (QED) is 0.298. The molecule has 9 atom stereocenters. The number of carbonyl (C=O) groups excluding carboxylic acids is 2. The van der Waals surface area contributed by atoms with Gasteiger partial charge in [0, 0.05) is 29.6 Å². The number of aryl methyl sites for hydroxylation is 2. The molecule has 1 unspecified atom stereocenters. The third kappa shape index (κ3) is 4.42. The first-order valence-corrected chi connectivity index (χ1v) is 29.1. The number of carbonyl (C=O) groups is 2. The van der Waals surface area contributed by atoms with Crippen LogP contribution in [0.5, 0.6) is 11.5 Å². The topological polar surface area (TPSA) is 151 Å². The largest absolute Gasteiger partial charge is 1.00 e. The predicted octanol–water partition coefficient (Wildman–Crippen LogP) is -0.494. The molecule has 0 aromatic heterocycles. The fourth-order valence-electron chi connectivity index (χ4n) is 11.0. The van der Waals surface area contributed by atoms with Gasteiger partial charge in [-0.1, -0.05) is 24.3 Å². The zero-order chi connectivity index (χ0) is 34.1. The van der Waals surface area contributed by atoms with E-state index < -0.39 is 40.3 Å². The van der Waals surface area contributed by atoms with Crippen molar-refractivity contribution < 1.29 is 54.5 Å². The summed E-state index contributed by atoms with van der Waals surface area (Å²) in [6.07, 6.45) is 3.82. The van der Waals surface area contributed by atoms with E-state index in [9.17, 15) is 24.9 Å². The molecule has 3 fully saturated rings. The second kappa shape index (κ2) is 12.3. The number of likely N-dealkylation sites (N-methyl/N-ethyl adjacent to an activating group) is 2. The van der Waals surface area contributed by atoms with Crippen molar-refractivity contribution in [2.24, 2.45) is 0 Å². The Kier molecular flexibility index (Phi) is 9.16. The number of halogens is 3. The van der Waals surface area contributed by atoms with Gasteiger partial charge in [0.1, 0.15) is 22.7 Å². The molecule has 5 N–H and O–H groups in total. The molecular weight excluding hydrogens is 969 g/mol. The zero-order valence-electron chi connectivity index (χ0n) is 28.8. The zero-order valence-corrected chi connectivity index (χ0v) is 34.3. The van der Waals surface area contributed by atoms with Gasteiger partial charge in [-0.2, -0.15) is 0 Å². The summed E-state index contributed by atoms with van der Waals surface area (Å²) < 4.78 is 12.3. The van der Waals surface area contributed by atoms with Gasteiger partial charge in [-0.25, -0.2) is 0 Å². The van der Waals surface area contributed by atoms with Gasteiger partial charge in [0.15, 0.2) is 23.8 Å². The number of ketones is 2. The Hall–Kier alpha value is -0.930. The van der Waals surface area contributed by atoms with Crippen LogP contribution >= 0.6 is 37.2 Å². The molecule has 0 radical (unpaired) electrons. The van der Waals surface area contributed by atoms with Crippen molar-refractivity contribution in [3.8, 4) is 11.5 Å². The molecule has 13 heteroatoms. The Morgan fingerprint density at radius 1 is 0.837 bits per heavy atom. The summed E-state index contributed by atoms with van der Waals surface area (Å²) in [7, 11) is 4.05. The van der Waals surface area contributed by atoms with E-state index in [-0.39, 0.29) is 37.0 Å². The number of piperidine rings is 2. The van der Waals surface area contributed by atoms with Gasteiger partial charge in [-0.05, 0) is 101 Å². The maximum Gasteiger partial charge on any atom is 1.00 e. The van der Waals surface area contributed by atoms with E-state index in [4.69, 9.17) is 9.47 Å². The number of Topliss-reactive ketones (excluding diaryl/α,β-unsaturated/α-hetero) is 1. The maximum atomic E-state index is 12.7. The number of ether oxygens (including phenoxy) is 2. The van der Waals surface area contributed by atoms with E-state index in [1.54, 1.807) is 6.08 Å². The average Bonchev–Trinajstić information content (AvgIpc) is 3.60. The molecule has 8 aliphatic rings. The van der Waals surface area contributed by atoms with E-state index in [1.165, 1.54) is 11.6 Å². The van der Waals surface area contributed by atoms with E-state index in [0.29, 0.717) is 26.1 Å². The number of aliphatic hydroxyl groups is 3. The van der Waals surface area contributed by atoms with Crippen molar-refractivity contribution in [1.82, 2.24) is 9.80 Å². The molecule has 1 saturated carbocycles. The molecule has 2 aromatic carbocycles. The number of hydrogen-bond acceptors (Lipinski definition) is 9. The minimum atomic E-state index is -1.33. The van der Waals surface area contributed by atoms with Crippen molar-refractivity contribution in [3.63, 3.8) is 0 Å². The van der Waals surface area contributed by atoms with E-state index in [0.717, 1.165) is 65.2 Å². The van der Waals surface area contributed by atoms with Crippen LogP contribution in [0.4, 0.5) is 0 Å². The first-order valence-electron chi connectivity index (χ1n) is 16.6. The Morgan fingerprint density at radius 3 is 1.96 bits per heavy atom. The Balaban J connectivity index is 0.000000155. The summed E-state index contributed by atoms with van der Waals surface area (Å²) >= 11 is 5.30. The summed E-state index contributed by atoms with van der Waals surface area (Å²) in [5.74, 6) is 1.49. The van der Waals surface area contributed by atoms with Crippen LogP contribution < -0.4 is 22.7 Å². The molecule has 10 nitrogen and oxygen atoms in total. The van der Waals surface area contributed by atoms with Crippen molar-refractivity contribution in [2.75, 3.05) is 27.2 Å². The summed E-state index contributed by atoms with van der Waals surface area (Å²) in [5.41, 5.74) is 2.75. The van der Waals surface area contributed by atoms with Crippen LogP contribution in [0.2, 0.25) is 0 Å². The number of hydrogen-bond donors (Lipinski definition) is 3. The minimum Gasteiger partial charge on any atom is -0.412 e. The molecule has 2 saturated heterocycles. The predicted molar refractivity (Wildman–Crippen MR) is 196 cm³/mol. The molecule has 49 heavy (non-hydrogen) atoms. The first-order chi connectivity index (χ1) is 22.8. The van der Waals surface area contributed by atoms with Gasteiger partial charge >= 0.3 is 51.9 Å². The molecule has 4 aliphatic carbocycles. The number of rotatable bonds is 0. The van der Waals surface area contributed by atoms with Crippen molar-refractivity contribution in [1.29, 1.82) is 0 Å². The maximum absolute atomic E-state index is 12.7. The molecular formula is C36H43I3N2O8. The van der Waals surface area contributed by atoms with Crippen LogP contribution in [-0.4, -0.2) is 111 Å². The number of nitrogens with zero attached hydrogens (tertiary/aromatic N) is 2. The SMILES string of the molecule is Cc1ccc2c3c1O[C@H]1C(=O)C=C[C@@]4(O)[C@@H](C2)N(C)CC[C@]314.Cc1ccc2c3c1O[C@H]1C(=O)CC(O)[C@@]4(O)[C@@H](C2)N(C)CC[C@]314.I[I-]I.O.[H+]. The summed E-state index contributed by atoms with van der Waals surface area (Å²) in [4.78, 5) is 29.5. The molecule has 4 bridgehead atoms. The van der Waals surface area contributed by atoms with Gasteiger partial charge < -0.3 is 35.2 Å². The molecule has 4 heterocycles. The Labute approximate surface area is 317 Å². The molecule has 2 spiro atoms. The van der Waals surface area contributed by atoms with Gasteiger partial charge in [-0.15, -0.1) is 0 Å². The third-order valence-electron chi connectivity index (χ3n) is 13.1. The number of aliphatic hydroxyl groups excluding tert-OH is 1. The summed E-state index contributed by atoms with van der Waals surface area (Å²) in [5, 5.41) is 34.1. The van der Waals surface area contributed by atoms with Gasteiger partial charge in [0.05, 0.1) is 16.9 Å². The minimum absolute atomic E-state index is 0. The second-order valence-electron chi connectivity index (χ2n) is 15.0. The van der Waals surface area contributed by atoms with Crippen LogP contribution in [0.1, 0.15) is 54.1 Å². The summed E-state index contributed by atoms with van der Waals surface area (Å²) in [6.45, 7) is 5.66. The molecule has 2 aromatic rings. The van der Waals surface area contributed by atoms with E-state index in [1.807, 2.05) is 27.0 Å². The fourth-order valence-corrected chi connectivity index (χ4v) is 11.0. The monoisotopic (exact) mass is 1010 g/mol. The van der Waals surface area contributed by atoms with Crippen molar-refractivity contribution in [2.45, 2.75) is 98.4 Å². The Morgan fingerprint density at radius 2 is 1.35 bits per heavy atom. The van der Waals surface area contributed by atoms with Crippen LogP contribution in [0.3, 0.4) is 0 Å². The van der Waals surface area contributed by atoms with Gasteiger partial charge in [0.25, 0.3) is 0 Å². The summed E-state index contributed by atoms with van der Waals surface area (Å²) in [6, 6.07) is 8.16. The molecule has 0 amide bonds. The standard InChI is InChI=1S/C18H21NO4.C18H19NO3.I3.H2O/c1-9-3-4-10-7-12-18(22)13(21)8-11(20)16-17(18,5-6-19(12)2)14(10)15(9)23-16;1-10-3-4-11-9-13-18(21)6-5-12(20)16-17(18,7-8-19(13)2)14(11)15(10)22-16;1-3-2;/h3-4,12-13,16,21-22H,5-8H2,1-2H3;3-6,13,16,21H,7-9H2,1-2H3;;1H2/q;;-1;/p+1/t12-,13?,16+,17+,18+;13-,16+,17+,18-;;/m11../s1. The smallest absolute Gasteiger partial charge is 0.412 e. The Bertz CT molecular complexity index is 1800. The first kappa shape index (κ1) is 36.4. The third-order valence-corrected chi connectivity index (χ3v) is 13.1. The second-order valence-corrected chi connectivity index (χ2v) is 31.2. The van der Waals surface area contributed by atoms with Crippen LogP contribution in [-0.2, 0) is 33.3 Å². The number of likely N-dealkylation sites (tertiary alicyclic amines) is 2. The van der Waals surface area contributed by atoms with Crippen LogP contribution in [0, 0.1) is 13.8 Å². The fraction of sp³-hybridized carbons (Fsp3) is 0.556. The normalized spacial score (nSPS) is 39.7. The van der Waals surface area contributed by atoms with Crippen LogP contribution in [0.25, 0.3) is 0 Å². The van der Waals surface area contributed by atoms with Crippen molar-refractivity contribution >= 4 is 48.8 Å². The number of benzene rings is 2. The van der Waals surface area contributed by atoms with Gasteiger partial charge in [0.2, 0.25) is 0 Å². The molecule has 10 rings (SSSR count). The van der Waals surface area contributed by atoms with E-state index >= 15 is 0 Å². The molecule has 266 valence electrons. The van der Waals surface area contributed by atoms with Gasteiger partial charge in [-0.3, -0.25) is 14.5 Å². The van der Waals surface area contributed by atoms with E-state index in [2.05, 4.69) is 72.3 Å². The van der Waals surface area contributed by atoms with Crippen LogP contribution in [0.15, 0.2) is 36.4 Å².